The number of ether oxygens (including phenoxy) is 2. The molecular formula is C48H58FN7O5S2Si. The molecule has 9 rings (SSSR count). The van der Waals surface area contributed by atoms with Crippen molar-refractivity contribution >= 4 is 83.1 Å². The summed E-state index contributed by atoms with van der Waals surface area (Å²) in [5.41, 5.74) is 6.64. The summed E-state index contributed by atoms with van der Waals surface area (Å²) in [7, 11) is -6.14. The molecule has 0 aliphatic carbocycles. The van der Waals surface area contributed by atoms with E-state index in [4.69, 9.17) is 29.5 Å². The number of carbonyl (C=O) groups excluding carboxylic acids is 1. The van der Waals surface area contributed by atoms with Crippen molar-refractivity contribution in [2.45, 2.75) is 140 Å². The molecule has 3 aliphatic rings. The van der Waals surface area contributed by atoms with Crippen molar-refractivity contribution in [3.8, 4) is 22.7 Å². The van der Waals surface area contributed by atoms with Gasteiger partial charge >= 0.3 is 6.09 Å². The molecule has 0 spiro atoms. The molecule has 16 heteroatoms. The van der Waals surface area contributed by atoms with Gasteiger partial charge in [0.25, 0.3) is 0 Å². The van der Waals surface area contributed by atoms with Crippen molar-refractivity contribution in [3.05, 3.63) is 48.0 Å². The van der Waals surface area contributed by atoms with Crippen molar-refractivity contribution in [2.24, 2.45) is 0 Å². The van der Waals surface area contributed by atoms with Crippen LogP contribution in [0.4, 0.5) is 15.0 Å². The van der Waals surface area contributed by atoms with E-state index in [-0.39, 0.29) is 29.6 Å². The van der Waals surface area contributed by atoms with E-state index >= 15 is 4.39 Å². The second-order valence-electron chi connectivity index (χ2n) is 19.9. The van der Waals surface area contributed by atoms with Gasteiger partial charge in [0.05, 0.1) is 45.1 Å². The van der Waals surface area contributed by atoms with E-state index in [0.29, 0.717) is 74.6 Å². The van der Waals surface area contributed by atoms with Crippen molar-refractivity contribution in [1.82, 2.24) is 29.6 Å². The van der Waals surface area contributed by atoms with Crippen molar-refractivity contribution < 1.29 is 27.1 Å². The molecule has 6 aromatic rings. The molecule has 2 aromatic carbocycles. The smallest absolute Gasteiger partial charge is 0.410 e. The fourth-order valence-corrected chi connectivity index (χ4v) is 17.9. The fourth-order valence-electron chi connectivity index (χ4n) is 10.9. The summed E-state index contributed by atoms with van der Waals surface area (Å²) >= 11 is 1.35. The second-order valence-corrected chi connectivity index (χ2v) is 28.3. The predicted octanol–water partition coefficient (Wildman–Crippen LogP) is 10.8. The van der Waals surface area contributed by atoms with Crippen LogP contribution in [0, 0.1) is 17.3 Å². The van der Waals surface area contributed by atoms with Crippen molar-refractivity contribution in [1.29, 1.82) is 0 Å². The Bertz CT molecular complexity index is 2980. The average molecular weight is 924 g/mol. The Hall–Kier alpha value is -4.69. The first-order valence-corrected chi connectivity index (χ1v) is 27.6. The molecule has 0 radical (unpaired) electrons. The normalized spacial score (nSPS) is 19.8. The maximum absolute atomic E-state index is 16.8. The Balaban J connectivity index is 1.30. The molecule has 0 N–H and O–H groups in total. The highest BCUT2D eigenvalue weighted by Gasteiger charge is 2.46. The van der Waals surface area contributed by atoms with E-state index in [2.05, 4.69) is 64.0 Å². The standard InChI is InChI=1S/C48H58FN7O5S2Si/c1-27(2)64(28(3)4,29(5)6)22-19-33-36(49)17-14-30-23-37-35(24-51-56(37)38-13-11-12-21-60-38)40(39(30)33)42-43-34(18-20-50-42)41-44(52-46(63(10,58)59)53-45(41)62-43)54-25-31-15-16-32(26-54)55(31)47(57)61-48(7,8)9/h14,17-18,20,23-24,27-29,31-32,38H,11-13,15-16,21,25-26H2,1-10H3. The van der Waals surface area contributed by atoms with Crippen LogP contribution in [0.1, 0.15) is 106 Å². The lowest BCUT2D eigenvalue weighted by molar-refractivity contribution is -0.0366. The molecule has 3 fully saturated rings. The van der Waals surface area contributed by atoms with Crippen LogP contribution < -0.4 is 4.90 Å². The number of halogens is 1. The molecule has 4 aromatic heterocycles. The maximum Gasteiger partial charge on any atom is 0.410 e. The van der Waals surface area contributed by atoms with Crippen molar-refractivity contribution in [2.75, 3.05) is 30.9 Å². The van der Waals surface area contributed by atoms with Gasteiger partial charge in [-0.1, -0.05) is 53.5 Å². The summed E-state index contributed by atoms with van der Waals surface area (Å²) in [4.78, 5) is 32.5. The van der Waals surface area contributed by atoms with Gasteiger partial charge in [-0.3, -0.25) is 9.88 Å². The topological polar surface area (TPSA) is 133 Å². The molecule has 0 saturated carbocycles. The Morgan fingerprint density at radius 1 is 0.969 bits per heavy atom. The van der Waals surface area contributed by atoms with Gasteiger partial charge in [-0.05, 0) is 93.1 Å². The molecule has 3 unspecified atom stereocenters. The summed E-state index contributed by atoms with van der Waals surface area (Å²) in [5.74, 6) is 3.59. The summed E-state index contributed by atoms with van der Waals surface area (Å²) in [5, 5.41) is 8.41. The number of thiophene rings is 1. The van der Waals surface area contributed by atoms with Gasteiger partial charge in [-0.25, -0.2) is 32.3 Å². The molecular weight excluding hydrogens is 866 g/mol. The highest BCUT2D eigenvalue weighted by atomic mass is 32.2. The number of fused-ring (bicyclic) bond motifs is 7. The first kappa shape index (κ1) is 44.5. The molecule has 64 heavy (non-hydrogen) atoms. The van der Waals surface area contributed by atoms with Gasteiger partial charge in [0, 0.05) is 53.9 Å². The molecule has 7 heterocycles. The van der Waals surface area contributed by atoms with Gasteiger partial charge in [0.15, 0.2) is 6.23 Å². The lowest BCUT2D eigenvalue weighted by Crippen LogP contribution is -2.57. The second kappa shape index (κ2) is 16.3. The van der Waals surface area contributed by atoms with Crippen LogP contribution in [0.2, 0.25) is 16.6 Å². The number of pyridine rings is 1. The summed E-state index contributed by atoms with van der Waals surface area (Å²) in [6.07, 6.45) is 8.52. The minimum atomic E-state index is -3.84. The van der Waals surface area contributed by atoms with Crippen molar-refractivity contribution in [3.63, 3.8) is 0 Å². The first-order chi connectivity index (χ1) is 30.3. The van der Waals surface area contributed by atoms with Crippen LogP contribution in [-0.2, 0) is 19.3 Å². The zero-order valence-corrected chi connectivity index (χ0v) is 41.1. The predicted molar refractivity (Wildman–Crippen MR) is 256 cm³/mol. The van der Waals surface area contributed by atoms with Crippen LogP contribution in [0.25, 0.3) is 53.2 Å². The molecule has 1 amide bonds. The van der Waals surface area contributed by atoms with Gasteiger partial charge in [-0.15, -0.1) is 16.9 Å². The number of benzene rings is 2. The fraction of sp³-hybridized carbons (Fsp3) is 0.521. The lowest BCUT2D eigenvalue weighted by Gasteiger charge is -2.42. The minimum absolute atomic E-state index is 0.144. The number of nitrogens with zero attached hydrogens (tertiary/aromatic N) is 7. The quantitative estimate of drug-likeness (QED) is 0.0866. The third-order valence-electron chi connectivity index (χ3n) is 13.7. The Morgan fingerprint density at radius 2 is 1.67 bits per heavy atom. The van der Waals surface area contributed by atoms with E-state index in [1.54, 1.807) is 6.20 Å². The largest absolute Gasteiger partial charge is 0.444 e. The Labute approximate surface area is 379 Å². The van der Waals surface area contributed by atoms with Crippen LogP contribution in [0.5, 0.6) is 0 Å². The third kappa shape index (κ3) is 7.53. The first-order valence-electron chi connectivity index (χ1n) is 22.6. The van der Waals surface area contributed by atoms with E-state index in [0.717, 1.165) is 64.7 Å². The number of hydrogen-bond acceptors (Lipinski definition) is 11. The molecule has 3 saturated heterocycles. The molecule has 12 nitrogen and oxygen atoms in total. The number of piperazine rings is 1. The van der Waals surface area contributed by atoms with E-state index in [9.17, 15) is 13.2 Å². The monoisotopic (exact) mass is 923 g/mol. The maximum atomic E-state index is 16.8. The molecule has 3 aliphatic heterocycles. The number of rotatable bonds is 7. The van der Waals surface area contributed by atoms with Gasteiger partial charge in [-0.2, -0.15) is 5.10 Å². The number of carbonyl (C=O) groups is 1. The van der Waals surface area contributed by atoms with Gasteiger partial charge in [0.2, 0.25) is 15.0 Å². The summed E-state index contributed by atoms with van der Waals surface area (Å²) in [6.45, 7) is 20.6. The number of hydrogen-bond donors (Lipinski definition) is 0. The van der Waals surface area contributed by atoms with Crippen LogP contribution in [0.15, 0.2) is 41.8 Å². The molecule has 3 atom stereocenters. The molecule has 338 valence electrons. The highest BCUT2D eigenvalue weighted by molar-refractivity contribution is 7.90. The minimum Gasteiger partial charge on any atom is -0.444 e. The molecule has 2 bridgehead atoms. The third-order valence-corrected chi connectivity index (χ3v) is 21.9. The lowest BCUT2D eigenvalue weighted by atomic mass is 9.93. The van der Waals surface area contributed by atoms with E-state index in [1.807, 2.05) is 48.7 Å². The van der Waals surface area contributed by atoms with Gasteiger partial charge in [0.1, 0.15) is 30.1 Å². The average Bonchev–Trinajstić information content (AvgIpc) is 3.90. The van der Waals surface area contributed by atoms with Gasteiger partial charge < -0.3 is 14.4 Å². The van der Waals surface area contributed by atoms with E-state index < -0.39 is 29.3 Å². The summed E-state index contributed by atoms with van der Waals surface area (Å²) in [6, 6.07) is 7.03. The Morgan fingerprint density at radius 3 is 2.30 bits per heavy atom. The van der Waals surface area contributed by atoms with Crippen LogP contribution >= 0.6 is 11.3 Å². The highest BCUT2D eigenvalue weighted by Crippen LogP contribution is 2.48. The number of anilines is 1. The zero-order valence-electron chi connectivity index (χ0n) is 38.5. The SMILES string of the molecule is CC(C)[Si](C#Cc1c(F)ccc2cc3c(cnn3C3CCCCO3)c(-c3nccc4c3sc3nc(S(C)(=O)=O)nc(N5CC6CCC(C5)N6C(=O)OC(C)(C)C)c34)c12)(C(C)C)C(C)C. The van der Waals surface area contributed by atoms with Crippen LogP contribution in [0.3, 0.4) is 0 Å². The number of aromatic nitrogens is 5. The zero-order chi connectivity index (χ0) is 45.6. The number of amides is 1. The van der Waals surface area contributed by atoms with Crippen LogP contribution in [-0.4, -0.2) is 95.9 Å². The number of sulfone groups is 1. The Kier molecular flexibility index (Phi) is 11.4. The van der Waals surface area contributed by atoms with E-state index in [1.165, 1.54) is 17.4 Å². The summed E-state index contributed by atoms with van der Waals surface area (Å²) < 4.78 is 58.1.